The first-order valence-corrected chi connectivity index (χ1v) is 6.13. The van der Waals surface area contributed by atoms with Crippen LogP contribution in [-0.4, -0.2) is 5.33 Å². The Labute approximate surface area is 83.6 Å². The van der Waals surface area contributed by atoms with E-state index < -0.39 is 0 Å². The molecule has 0 heterocycles. The topological polar surface area (TPSA) is 0 Å². The molecular weight excluding hydrogens is 212 g/mol. The number of rotatable bonds is 3. The summed E-state index contributed by atoms with van der Waals surface area (Å²) in [5, 5.41) is 1.21. The van der Waals surface area contributed by atoms with E-state index in [1.807, 2.05) is 0 Å². The third kappa shape index (κ3) is 1.48. The van der Waals surface area contributed by atoms with E-state index in [0.29, 0.717) is 5.41 Å². The number of alkyl halides is 1. The molecule has 2 atom stereocenters. The molecule has 2 aliphatic rings. The van der Waals surface area contributed by atoms with Crippen molar-refractivity contribution in [3.8, 4) is 0 Å². The van der Waals surface area contributed by atoms with E-state index in [1.54, 1.807) is 5.57 Å². The standard InChI is InChI=1S/C11H17Br/c1-9-6-11(9,8-12)7-10-4-2-3-5-10/h4,9H,2-3,5-8H2,1H3. The van der Waals surface area contributed by atoms with Gasteiger partial charge >= 0.3 is 0 Å². The highest BCUT2D eigenvalue weighted by molar-refractivity contribution is 9.09. The summed E-state index contributed by atoms with van der Waals surface area (Å²) < 4.78 is 0. The van der Waals surface area contributed by atoms with Gasteiger partial charge in [-0.05, 0) is 43.4 Å². The summed E-state index contributed by atoms with van der Waals surface area (Å²) in [5.41, 5.74) is 2.40. The normalized spacial score (nSPS) is 39.8. The van der Waals surface area contributed by atoms with Crippen LogP contribution in [0.1, 0.15) is 39.0 Å². The Hall–Kier alpha value is 0.220. The van der Waals surface area contributed by atoms with Gasteiger partial charge in [-0.3, -0.25) is 0 Å². The number of halogens is 1. The van der Waals surface area contributed by atoms with Crippen molar-refractivity contribution >= 4 is 15.9 Å². The fourth-order valence-corrected chi connectivity index (χ4v) is 3.36. The highest BCUT2D eigenvalue weighted by Crippen LogP contribution is 2.58. The lowest BCUT2D eigenvalue weighted by molar-refractivity contribution is 0.523. The molecule has 68 valence electrons. The van der Waals surface area contributed by atoms with Crippen LogP contribution in [0.5, 0.6) is 0 Å². The summed E-state index contributed by atoms with van der Waals surface area (Å²) in [5.74, 6) is 0.957. The fraction of sp³-hybridized carbons (Fsp3) is 0.818. The molecule has 0 aromatic heterocycles. The lowest BCUT2D eigenvalue weighted by Crippen LogP contribution is -2.05. The third-order valence-corrected chi connectivity index (χ3v) is 4.69. The molecule has 2 rings (SSSR count). The van der Waals surface area contributed by atoms with Gasteiger partial charge in [-0.1, -0.05) is 34.5 Å². The maximum atomic E-state index is 3.65. The molecule has 2 unspecified atom stereocenters. The van der Waals surface area contributed by atoms with Crippen molar-refractivity contribution in [2.45, 2.75) is 39.0 Å². The zero-order chi connectivity index (χ0) is 8.60. The van der Waals surface area contributed by atoms with Gasteiger partial charge in [0.2, 0.25) is 0 Å². The monoisotopic (exact) mass is 228 g/mol. The molecule has 0 nitrogen and oxygen atoms in total. The van der Waals surface area contributed by atoms with Gasteiger partial charge in [0.25, 0.3) is 0 Å². The average molecular weight is 229 g/mol. The van der Waals surface area contributed by atoms with Gasteiger partial charge in [0.05, 0.1) is 0 Å². The van der Waals surface area contributed by atoms with Crippen LogP contribution >= 0.6 is 15.9 Å². The third-order valence-electron chi connectivity index (χ3n) is 3.58. The van der Waals surface area contributed by atoms with Crippen molar-refractivity contribution in [3.05, 3.63) is 11.6 Å². The maximum Gasteiger partial charge on any atom is 0.00936 e. The Kier molecular flexibility index (Phi) is 2.33. The van der Waals surface area contributed by atoms with Crippen LogP contribution < -0.4 is 0 Å². The Balaban J connectivity index is 1.93. The molecule has 0 aromatic carbocycles. The molecule has 1 fully saturated rings. The minimum atomic E-state index is 0.663. The summed E-state index contributed by atoms with van der Waals surface area (Å²) in [4.78, 5) is 0. The first kappa shape index (κ1) is 8.80. The summed E-state index contributed by atoms with van der Waals surface area (Å²) in [6, 6.07) is 0. The molecule has 12 heavy (non-hydrogen) atoms. The van der Waals surface area contributed by atoms with Gasteiger partial charge in [0.1, 0.15) is 0 Å². The summed E-state index contributed by atoms with van der Waals surface area (Å²) in [6.07, 6.45) is 9.40. The molecule has 0 spiro atoms. The van der Waals surface area contributed by atoms with Crippen LogP contribution in [0.15, 0.2) is 11.6 Å². The highest BCUT2D eigenvalue weighted by atomic mass is 79.9. The molecule has 0 bridgehead atoms. The van der Waals surface area contributed by atoms with E-state index in [-0.39, 0.29) is 0 Å². The number of hydrogen-bond donors (Lipinski definition) is 0. The largest absolute Gasteiger partial charge is 0.0922 e. The molecule has 0 aromatic rings. The predicted octanol–water partition coefficient (Wildman–Crippen LogP) is 3.91. The van der Waals surface area contributed by atoms with Gasteiger partial charge in [0.15, 0.2) is 0 Å². The van der Waals surface area contributed by atoms with E-state index in [1.165, 1.54) is 37.4 Å². The second-order valence-electron chi connectivity index (χ2n) is 4.53. The molecular formula is C11H17Br. The van der Waals surface area contributed by atoms with Gasteiger partial charge in [-0.2, -0.15) is 0 Å². The van der Waals surface area contributed by atoms with Crippen molar-refractivity contribution in [3.63, 3.8) is 0 Å². The second kappa shape index (κ2) is 3.17. The van der Waals surface area contributed by atoms with Crippen molar-refractivity contribution in [1.82, 2.24) is 0 Å². The summed E-state index contributed by atoms with van der Waals surface area (Å²) in [7, 11) is 0. The van der Waals surface area contributed by atoms with Gasteiger partial charge < -0.3 is 0 Å². The molecule has 1 saturated carbocycles. The van der Waals surface area contributed by atoms with E-state index in [0.717, 1.165) is 5.92 Å². The zero-order valence-electron chi connectivity index (χ0n) is 7.78. The number of allylic oxidation sites excluding steroid dienone is 2. The molecule has 0 radical (unpaired) electrons. The molecule has 0 amide bonds. The van der Waals surface area contributed by atoms with E-state index in [2.05, 4.69) is 28.9 Å². The van der Waals surface area contributed by atoms with Crippen molar-refractivity contribution in [2.24, 2.45) is 11.3 Å². The average Bonchev–Trinajstić information content (AvgIpc) is 2.51. The molecule has 0 aliphatic heterocycles. The summed E-state index contributed by atoms with van der Waals surface area (Å²) >= 11 is 3.65. The van der Waals surface area contributed by atoms with E-state index in [4.69, 9.17) is 0 Å². The Morgan fingerprint density at radius 1 is 1.67 bits per heavy atom. The molecule has 1 heteroatoms. The first-order valence-electron chi connectivity index (χ1n) is 5.01. The first-order chi connectivity index (χ1) is 5.77. The molecule has 0 N–H and O–H groups in total. The van der Waals surface area contributed by atoms with Crippen LogP contribution in [0.2, 0.25) is 0 Å². The smallest absolute Gasteiger partial charge is 0.00936 e. The Bertz CT molecular complexity index is 203. The van der Waals surface area contributed by atoms with Crippen LogP contribution in [-0.2, 0) is 0 Å². The van der Waals surface area contributed by atoms with Crippen molar-refractivity contribution in [1.29, 1.82) is 0 Å². The quantitative estimate of drug-likeness (QED) is 0.508. The number of hydrogen-bond acceptors (Lipinski definition) is 0. The predicted molar refractivity (Wildman–Crippen MR) is 56.6 cm³/mol. The Morgan fingerprint density at radius 2 is 2.42 bits per heavy atom. The lowest BCUT2D eigenvalue weighted by atomic mass is 9.96. The van der Waals surface area contributed by atoms with Crippen LogP contribution in [0.3, 0.4) is 0 Å². The van der Waals surface area contributed by atoms with Crippen LogP contribution in [0.25, 0.3) is 0 Å². The van der Waals surface area contributed by atoms with Gasteiger partial charge in [0, 0.05) is 5.33 Å². The molecule has 2 aliphatic carbocycles. The van der Waals surface area contributed by atoms with E-state index in [9.17, 15) is 0 Å². The van der Waals surface area contributed by atoms with Crippen LogP contribution in [0.4, 0.5) is 0 Å². The zero-order valence-corrected chi connectivity index (χ0v) is 9.36. The van der Waals surface area contributed by atoms with Crippen molar-refractivity contribution < 1.29 is 0 Å². The van der Waals surface area contributed by atoms with Gasteiger partial charge in [-0.15, -0.1) is 0 Å². The van der Waals surface area contributed by atoms with E-state index >= 15 is 0 Å². The minimum Gasteiger partial charge on any atom is -0.0922 e. The maximum absolute atomic E-state index is 3.65. The highest BCUT2D eigenvalue weighted by Gasteiger charge is 2.49. The SMILES string of the molecule is CC1CC1(CBr)CC1=CCCC1. The lowest BCUT2D eigenvalue weighted by Gasteiger charge is -2.13. The van der Waals surface area contributed by atoms with Crippen molar-refractivity contribution in [2.75, 3.05) is 5.33 Å². The van der Waals surface area contributed by atoms with Crippen LogP contribution in [0, 0.1) is 11.3 Å². The fourth-order valence-electron chi connectivity index (χ4n) is 2.38. The summed E-state index contributed by atoms with van der Waals surface area (Å²) in [6.45, 7) is 2.39. The molecule has 0 saturated heterocycles. The minimum absolute atomic E-state index is 0.663. The van der Waals surface area contributed by atoms with Gasteiger partial charge in [-0.25, -0.2) is 0 Å². The Morgan fingerprint density at radius 3 is 2.83 bits per heavy atom. The second-order valence-corrected chi connectivity index (χ2v) is 5.09.